The van der Waals surface area contributed by atoms with Crippen molar-refractivity contribution in [3.05, 3.63) is 90.0 Å². The van der Waals surface area contributed by atoms with Gasteiger partial charge in [-0.3, -0.25) is 19.4 Å². The molecule has 0 radical (unpaired) electrons. The molecule has 216 valence electrons. The summed E-state index contributed by atoms with van der Waals surface area (Å²) in [6, 6.07) is 26.8. The van der Waals surface area contributed by atoms with E-state index >= 15 is 0 Å². The molecule has 41 heavy (non-hydrogen) atoms. The molecule has 2 aliphatic rings. The number of likely N-dealkylation sites (tertiary alicyclic amines) is 1. The second-order valence-corrected chi connectivity index (χ2v) is 10.8. The maximum absolute atomic E-state index is 13.4. The van der Waals surface area contributed by atoms with Crippen molar-refractivity contribution in [1.82, 2.24) is 14.7 Å². The zero-order chi connectivity index (χ0) is 28.6. The fourth-order valence-corrected chi connectivity index (χ4v) is 6.00. The predicted octanol–water partition coefficient (Wildman–Crippen LogP) is 4.29. The predicted molar refractivity (Wildman–Crippen MR) is 160 cm³/mol. The molecule has 8 nitrogen and oxygen atoms in total. The van der Waals surface area contributed by atoms with Crippen LogP contribution in [0, 0.1) is 5.92 Å². The standard InChI is InChI=1S/C33H40N4O4/c1-40-29-14-13-28(23-30(29)41-2)34-31(38)24-35-17-15-27(16-18-35)33(39)37-21-19-36(20-22-37)32(25-9-5-3-6-10-25)26-11-7-4-8-12-26/h3-14,23,27,32H,15-22,24H2,1-2H3,(H,34,38). The van der Waals surface area contributed by atoms with Crippen molar-refractivity contribution < 1.29 is 19.1 Å². The molecule has 5 rings (SSSR count). The number of nitrogens with one attached hydrogen (secondary N) is 1. The molecule has 0 aliphatic carbocycles. The van der Waals surface area contributed by atoms with Gasteiger partial charge in [0.15, 0.2) is 11.5 Å². The Bertz CT molecular complexity index is 1250. The molecule has 0 saturated carbocycles. The lowest BCUT2D eigenvalue weighted by atomic mass is 9.94. The maximum atomic E-state index is 13.4. The number of hydrogen-bond acceptors (Lipinski definition) is 6. The van der Waals surface area contributed by atoms with Crippen LogP contribution in [-0.4, -0.2) is 86.5 Å². The van der Waals surface area contributed by atoms with Crippen LogP contribution in [0.5, 0.6) is 11.5 Å². The van der Waals surface area contributed by atoms with Gasteiger partial charge in [-0.05, 0) is 49.2 Å². The van der Waals surface area contributed by atoms with E-state index in [0.29, 0.717) is 23.7 Å². The Morgan fingerprint density at radius 1 is 0.780 bits per heavy atom. The van der Waals surface area contributed by atoms with Crippen LogP contribution in [0.2, 0.25) is 0 Å². The molecule has 2 saturated heterocycles. The minimum absolute atomic E-state index is 0.0192. The minimum Gasteiger partial charge on any atom is -0.493 e. The number of ether oxygens (including phenoxy) is 2. The molecule has 1 N–H and O–H groups in total. The van der Waals surface area contributed by atoms with Crippen LogP contribution in [-0.2, 0) is 9.59 Å². The van der Waals surface area contributed by atoms with Crippen LogP contribution < -0.4 is 14.8 Å². The Hall–Kier alpha value is -3.88. The first kappa shape index (κ1) is 28.6. The van der Waals surface area contributed by atoms with Crippen molar-refractivity contribution in [3.8, 4) is 11.5 Å². The largest absolute Gasteiger partial charge is 0.493 e. The van der Waals surface area contributed by atoms with Gasteiger partial charge in [0.2, 0.25) is 11.8 Å². The smallest absolute Gasteiger partial charge is 0.238 e. The quantitative estimate of drug-likeness (QED) is 0.424. The number of methoxy groups -OCH3 is 2. The van der Waals surface area contributed by atoms with Gasteiger partial charge in [0.05, 0.1) is 26.8 Å². The van der Waals surface area contributed by atoms with E-state index in [4.69, 9.17) is 9.47 Å². The SMILES string of the molecule is COc1ccc(NC(=O)CN2CCC(C(=O)N3CCN(C(c4ccccc4)c4ccccc4)CC3)CC2)cc1OC. The van der Waals surface area contributed by atoms with E-state index in [-0.39, 0.29) is 23.8 Å². The van der Waals surface area contributed by atoms with Crippen molar-refractivity contribution in [2.75, 3.05) is 65.3 Å². The average Bonchev–Trinajstić information content (AvgIpc) is 3.02. The molecule has 8 heteroatoms. The van der Waals surface area contributed by atoms with Crippen LogP contribution in [0.15, 0.2) is 78.9 Å². The van der Waals surface area contributed by atoms with E-state index in [1.807, 2.05) is 4.90 Å². The summed E-state index contributed by atoms with van der Waals surface area (Å²) in [5.41, 5.74) is 3.22. The molecule has 0 unspecified atom stereocenters. The van der Waals surface area contributed by atoms with Gasteiger partial charge in [0.25, 0.3) is 0 Å². The highest BCUT2D eigenvalue weighted by atomic mass is 16.5. The number of carbonyl (C=O) groups excluding carboxylic acids is 2. The Balaban J connectivity index is 1.10. The number of rotatable bonds is 9. The first-order valence-corrected chi connectivity index (χ1v) is 14.4. The van der Waals surface area contributed by atoms with Gasteiger partial charge < -0.3 is 19.7 Å². The fourth-order valence-electron chi connectivity index (χ4n) is 6.00. The molecular weight excluding hydrogens is 516 g/mol. The normalized spacial score (nSPS) is 16.9. The number of piperidine rings is 1. The van der Waals surface area contributed by atoms with Crippen LogP contribution >= 0.6 is 0 Å². The summed E-state index contributed by atoms with van der Waals surface area (Å²) < 4.78 is 10.6. The van der Waals surface area contributed by atoms with E-state index in [1.165, 1.54) is 11.1 Å². The highest BCUT2D eigenvalue weighted by molar-refractivity contribution is 5.92. The Kier molecular flexibility index (Phi) is 9.54. The van der Waals surface area contributed by atoms with Crippen LogP contribution in [0.1, 0.15) is 30.0 Å². The van der Waals surface area contributed by atoms with E-state index in [0.717, 1.165) is 52.1 Å². The van der Waals surface area contributed by atoms with Crippen LogP contribution in [0.25, 0.3) is 0 Å². The summed E-state index contributed by atoms with van der Waals surface area (Å²) in [4.78, 5) is 32.8. The number of amides is 2. The van der Waals surface area contributed by atoms with Gasteiger partial charge in [-0.15, -0.1) is 0 Å². The number of nitrogens with zero attached hydrogens (tertiary/aromatic N) is 3. The van der Waals surface area contributed by atoms with E-state index in [1.54, 1.807) is 32.4 Å². The van der Waals surface area contributed by atoms with Crippen molar-refractivity contribution >= 4 is 17.5 Å². The van der Waals surface area contributed by atoms with Gasteiger partial charge in [-0.1, -0.05) is 60.7 Å². The molecule has 2 heterocycles. The summed E-state index contributed by atoms with van der Waals surface area (Å²) in [7, 11) is 3.15. The second-order valence-electron chi connectivity index (χ2n) is 10.8. The van der Waals surface area contributed by atoms with Crippen LogP contribution in [0.3, 0.4) is 0 Å². The minimum atomic E-state index is -0.0792. The summed E-state index contributed by atoms with van der Waals surface area (Å²) in [6.45, 7) is 4.94. The zero-order valence-electron chi connectivity index (χ0n) is 24.0. The molecular formula is C33H40N4O4. The molecule has 0 bridgehead atoms. The topological polar surface area (TPSA) is 74.4 Å². The lowest BCUT2D eigenvalue weighted by molar-refractivity contribution is -0.139. The first-order valence-electron chi connectivity index (χ1n) is 14.4. The Labute approximate surface area is 242 Å². The zero-order valence-corrected chi connectivity index (χ0v) is 24.0. The molecule has 0 spiro atoms. The maximum Gasteiger partial charge on any atom is 0.238 e. The molecule has 0 aromatic heterocycles. The second kappa shape index (κ2) is 13.7. The molecule has 2 aliphatic heterocycles. The third-order valence-electron chi connectivity index (χ3n) is 8.19. The third kappa shape index (κ3) is 7.07. The fraction of sp³-hybridized carbons (Fsp3) is 0.394. The Morgan fingerprint density at radius 2 is 1.37 bits per heavy atom. The van der Waals surface area contributed by atoms with Gasteiger partial charge in [0.1, 0.15) is 0 Å². The van der Waals surface area contributed by atoms with Crippen molar-refractivity contribution in [2.45, 2.75) is 18.9 Å². The summed E-state index contributed by atoms with van der Waals surface area (Å²) in [5, 5.41) is 2.94. The molecule has 2 amide bonds. The third-order valence-corrected chi connectivity index (χ3v) is 8.19. The average molecular weight is 557 g/mol. The lowest BCUT2D eigenvalue weighted by Crippen LogP contribution is -2.52. The highest BCUT2D eigenvalue weighted by Crippen LogP contribution is 2.31. The van der Waals surface area contributed by atoms with Crippen molar-refractivity contribution in [1.29, 1.82) is 0 Å². The summed E-state index contributed by atoms with van der Waals surface area (Å²) in [5.74, 6) is 1.39. The first-order chi connectivity index (χ1) is 20.1. The van der Waals surface area contributed by atoms with Gasteiger partial charge in [-0.2, -0.15) is 0 Å². The van der Waals surface area contributed by atoms with Crippen molar-refractivity contribution in [3.63, 3.8) is 0 Å². The van der Waals surface area contributed by atoms with E-state index in [9.17, 15) is 9.59 Å². The van der Waals surface area contributed by atoms with Gasteiger partial charge in [0, 0.05) is 43.9 Å². The Morgan fingerprint density at radius 3 is 1.93 bits per heavy atom. The van der Waals surface area contributed by atoms with Crippen molar-refractivity contribution in [2.24, 2.45) is 5.92 Å². The number of anilines is 1. The summed E-state index contributed by atoms with van der Waals surface area (Å²) >= 11 is 0. The molecule has 3 aromatic rings. The van der Waals surface area contributed by atoms with Gasteiger partial charge >= 0.3 is 0 Å². The molecule has 2 fully saturated rings. The van der Waals surface area contributed by atoms with E-state index < -0.39 is 0 Å². The number of hydrogen-bond donors (Lipinski definition) is 1. The molecule has 0 atom stereocenters. The van der Waals surface area contributed by atoms with E-state index in [2.05, 4.69) is 75.8 Å². The van der Waals surface area contributed by atoms with Gasteiger partial charge in [-0.25, -0.2) is 0 Å². The van der Waals surface area contributed by atoms with Crippen LogP contribution in [0.4, 0.5) is 5.69 Å². The number of carbonyl (C=O) groups is 2. The number of benzene rings is 3. The summed E-state index contributed by atoms with van der Waals surface area (Å²) in [6.07, 6.45) is 1.55. The monoisotopic (exact) mass is 556 g/mol. The highest BCUT2D eigenvalue weighted by Gasteiger charge is 2.33. The molecule has 3 aromatic carbocycles. The lowest BCUT2D eigenvalue weighted by Gasteiger charge is -2.41. The number of piperazine rings is 1.